The number of fused-ring (bicyclic) bond motifs is 1. The van der Waals surface area contributed by atoms with Gasteiger partial charge in [-0.2, -0.15) is 0 Å². The minimum atomic E-state index is -3.23. The molecule has 0 bridgehead atoms. The smallest absolute Gasteiger partial charge is 0.175 e. The van der Waals surface area contributed by atoms with Gasteiger partial charge in [-0.15, -0.1) is 0 Å². The van der Waals surface area contributed by atoms with Crippen LogP contribution in [-0.2, 0) is 9.84 Å². The molecule has 2 aromatic carbocycles. The Labute approximate surface area is 153 Å². The van der Waals surface area contributed by atoms with Crippen LogP contribution in [0.2, 0.25) is 0 Å². The van der Waals surface area contributed by atoms with Crippen molar-refractivity contribution >= 4 is 26.7 Å². The molecule has 134 valence electrons. The summed E-state index contributed by atoms with van der Waals surface area (Å²) in [6.45, 7) is 2.05. The molecule has 4 rings (SSSR count). The Hall–Kier alpha value is -2.47. The third kappa shape index (κ3) is 3.42. The summed E-state index contributed by atoms with van der Waals surface area (Å²) in [7, 11) is -3.23. The summed E-state index contributed by atoms with van der Waals surface area (Å²) in [5.41, 5.74) is 3.47. The van der Waals surface area contributed by atoms with Gasteiger partial charge in [0.25, 0.3) is 0 Å². The summed E-state index contributed by atoms with van der Waals surface area (Å²) in [5, 5.41) is 0. The van der Waals surface area contributed by atoms with E-state index in [1.165, 1.54) is 25.5 Å². The molecular weight excluding hydrogens is 346 g/mol. The first-order chi connectivity index (χ1) is 12.5. The van der Waals surface area contributed by atoms with Gasteiger partial charge in [0.15, 0.2) is 9.84 Å². The van der Waals surface area contributed by atoms with Gasteiger partial charge in [0.2, 0.25) is 0 Å². The van der Waals surface area contributed by atoms with Crippen LogP contribution in [0.3, 0.4) is 0 Å². The van der Waals surface area contributed by atoms with Crippen LogP contribution in [0.4, 0.5) is 5.82 Å². The highest BCUT2D eigenvalue weighted by molar-refractivity contribution is 7.90. The molecule has 6 heteroatoms. The van der Waals surface area contributed by atoms with Gasteiger partial charge >= 0.3 is 0 Å². The molecule has 1 aliphatic heterocycles. The number of benzene rings is 2. The third-order valence-corrected chi connectivity index (χ3v) is 5.92. The largest absolute Gasteiger partial charge is 0.355 e. The first-order valence-electron chi connectivity index (χ1n) is 8.83. The van der Waals surface area contributed by atoms with Gasteiger partial charge in [-0.25, -0.2) is 13.4 Å². The molecule has 1 aromatic heterocycles. The number of aromatic nitrogens is 2. The molecule has 3 aromatic rings. The van der Waals surface area contributed by atoms with E-state index in [0.717, 1.165) is 41.1 Å². The van der Waals surface area contributed by atoms with E-state index < -0.39 is 9.84 Å². The summed E-state index contributed by atoms with van der Waals surface area (Å²) in [4.78, 5) is 12.0. The molecule has 2 heterocycles. The zero-order valence-electron chi connectivity index (χ0n) is 14.7. The average Bonchev–Trinajstić information content (AvgIpc) is 2.67. The van der Waals surface area contributed by atoms with E-state index in [1.54, 1.807) is 18.2 Å². The van der Waals surface area contributed by atoms with Gasteiger partial charge < -0.3 is 4.90 Å². The molecule has 0 radical (unpaired) electrons. The van der Waals surface area contributed by atoms with Crippen molar-refractivity contribution in [3.05, 3.63) is 48.7 Å². The normalized spacial score (nSPS) is 15.3. The maximum atomic E-state index is 11.8. The second-order valence-electron chi connectivity index (χ2n) is 6.78. The molecule has 1 saturated heterocycles. The van der Waals surface area contributed by atoms with Crippen molar-refractivity contribution < 1.29 is 8.42 Å². The van der Waals surface area contributed by atoms with Crippen LogP contribution >= 0.6 is 0 Å². The highest BCUT2D eigenvalue weighted by Gasteiger charge is 2.14. The lowest BCUT2D eigenvalue weighted by atomic mass is 10.1. The first kappa shape index (κ1) is 17.0. The molecule has 0 atom stereocenters. The molecule has 0 spiro atoms. The SMILES string of the molecule is CS(=O)(=O)c1cccc(-c2ccc3ncc(N4CCCCC4)nc3c2)c1. The van der Waals surface area contributed by atoms with Crippen molar-refractivity contribution in [3.63, 3.8) is 0 Å². The van der Waals surface area contributed by atoms with Crippen LogP contribution in [0.15, 0.2) is 53.6 Å². The molecule has 0 aliphatic carbocycles. The minimum absolute atomic E-state index is 0.322. The van der Waals surface area contributed by atoms with Crippen LogP contribution < -0.4 is 4.90 Å². The number of hydrogen-bond donors (Lipinski definition) is 0. The van der Waals surface area contributed by atoms with E-state index in [0.29, 0.717) is 4.90 Å². The number of sulfone groups is 1. The molecule has 1 fully saturated rings. The van der Waals surface area contributed by atoms with Gasteiger partial charge in [0, 0.05) is 19.3 Å². The molecule has 0 amide bonds. The van der Waals surface area contributed by atoms with E-state index in [9.17, 15) is 8.42 Å². The molecule has 0 N–H and O–H groups in total. The second kappa shape index (κ2) is 6.68. The Morgan fingerprint density at radius 1 is 0.923 bits per heavy atom. The summed E-state index contributed by atoms with van der Waals surface area (Å²) in [6, 6.07) is 12.9. The minimum Gasteiger partial charge on any atom is -0.355 e. The van der Waals surface area contributed by atoms with Gasteiger partial charge in [-0.05, 0) is 54.7 Å². The van der Waals surface area contributed by atoms with Crippen LogP contribution in [0.5, 0.6) is 0 Å². The number of rotatable bonds is 3. The van der Waals surface area contributed by atoms with Crippen molar-refractivity contribution in [2.24, 2.45) is 0 Å². The predicted octanol–water partition coefficient (Wildman–Crippen LogP) is 3.69. The second-order valence-corrected chi connectivity index (χ2v) is 8.80. The number of hydrogen-bond acceptors (Lipinski definition) is 5. The topological polar surface area (TPSA) is 63.2 Å². The zero-order valence-corrected chi connectivity index (χ0v) is 15.5. The maximum Gasteiger partial charge on any atom is 0.175 e. The molecule has 1 aliphatic rings. The van der Waals surface area contributed by atoms with E-state index in [2.05, 4.69) is 9.88 Å². The first-order valence-corrected chi connectivity index (χ1v) is 10.7. The molecule has 0 unspecified atom stereocenters. The Bertz CT molecular complexity index is 1060. The molecular formula is C20H21N3O2S. The Kier molecular flexibility index (Phi) is 4.36. The van der Waals surface area contributed by atoms with Crippen molar-refractivity contribution in [2.45, 2.75) is 24.2 Å². The summed E-state index contributed by atoms with van der Waals surface area (Å²) in [6.07, 6.45) is 6.73. The Balaban J connectivity index is 1.75. The van der Waals surface area contributed by atoms with E-state index in [4.69, 9.17) is 4.98 Å². The lowest BCUT2D eigenvalue weighted by Gasteiger charge is -2.27. The number of anilines is 1. The third-order valence-electron chi connectivity index (χ3n) is 4.81. The Morgan fingerprint density at radius 3 is 2.46 bits per heavy atom. The van der Waals surface area contributed by atoms with E-state index in [-0.39, 0.29) is 0 Å². The van der Waals surface area contributed by atoms with Gasteiger partial charge in [0.05, 0.1) is 22.1 Å². The van der Waals surface area contributed by atoms with Crippen molar-refractivity contribution in [1.29, 1.82) is 0 Å². The summed E-state index contributed by atoms with van der Waals surface area (Å²) < 4.78 is 23.6. The lowest BCUT2D eigenvalue weighted by molar-refractivity contribution is 0.573. The lowest BCUT2D eigenvalue weighted by Crippen LogP contribution is -2.30. The summed E-state index contributed by atoms with van der Waals surface area (Å²) >= 11 is 0. The molecule has 5 nitrogen and oxygen atoms in total. The quantitative estimate of drug-likeness (QED) is 0.706. The highest BCUT2D eigenvalue weighted by Crippen LogP contribution is 2.26. The van der Waals surface area contributed by atoms with Crippen LogP contribution in [0.1, 0.15) is 19.3 Å². The van der Waals surface area contributed by atoms with E-state index in [1.807, 2.05) is 30.5 Å². The maximum absolute atomic E-state index is 11.8. The van der Waals surface area contributed by atoms with Gasteiger partial charge in [-0.3, -0.25) is 4.98 Å². The highest BCUT2D eigenvalue weighted by atomic mass is 32.2. The van der Waals surface area contributed by atoms with Gasteiger partial charge in [0.1, 0.15) is 5.82 Å². The molecule has 26 heavy (non-hydrogen) atoms. The van der Waals surface area contributed by atoms with Crippen LogP contribution in [0.25, 0.3) is 22.2 Å². The monoisotopic (exact) mass is 367 g/mol. The van der Waals surface area contributed by atoms with Crippen LogP contribution in [0, 0.1) is 0 Å². The van der Waals surface area contributed by atoms with Crippen LogP contribution in [-0.4, -0.2) is 37.7 Å². The van der Waals surface area contributed by atoms with Gasteiger partial charge in [-0.1, -0.05) is 18.2 Å². The fourth-order valence-corrected chi connectivity index (χ4v) is 4.03. The van der Waals surface area contributed by atoms with E-state index >= 15 is 0 Å². The zero-order chi connectivity index (χ0) is 18.1. The van der Waals surface area contributed by atoms with Crippen molar-refractivity contribution in [1.82, 2.24) is 9.97 Å². The fourth-order valence-electron chi connectivity index (χ4n) is 3.36. The Morgan fingerprint density at radius 2 is 1.69 bits per heavy atom. The standard InChI is InChI=1S/C20H21N3O2S/c1-26(24,25)17-7-5-6-15(12-17)16-8-9-18-19(13-16)22-20(14-21-18)23-10-3-2-4-11-23/h5-9,12-14H,2-4,10-11H2,1H3. The molecule has 0 saturated carbocycles. The van der Waals surface area contributed by atoms with Crippen molar-refractivity contribution in [3.8, 4) is 11.1 Å². The number of piperidine rings is 1. The van der Waals surface area contributed by atoms with Crippen molar-refractivity contribution in [2.75, 3.05) is 24.2 Å². The number of nitrogens with zero attached hydrogens (tertiary/aromatic N) is 3. The fraction of sp³-hybridized carbons (Fsp3) is 0.300. The predicted molar refractivity (Wildman–Crippen MR) is 104 cm³/mol. The average molecular weight is 367 g/mol. The summed E-state index contributed by atoms with van der Waals surface area (Å²) in [5.74, 6) is 0.916.